The van der Waals surface area contributed by atoms with Crippen LogP contribution in [0.15, 0.2) is 42.5 Å². The number of carbonyl (C=O) groups is 1. The van der Waals surface area contributed by atoms with Crippen molar-refractivity contribution in [3.8, 4) is 17.6 Å². The van der Waals surface area contributed by atoms with Crippen LogP contribution >= 0.6 is 0 Å². The van der Waals surface area contributed by atoms with Gasteiger partial charge in [0, 0.05) is 6.54 Å². The zero-order chi connectivity index (χ0) is 19.3. The first-order valence-corrected chi connectivity index (χ1v) is 7.57. The Hall–Kier alpha value is -3.05. The second kappa shape index (κ2) is 7.89. The minimum Gasteiger partial charge on any atom is -0.457 e. The lowest BCUT2D eigenvalue weighted by Crippen LogP contribution is -2.30. The largest absolute Gasteiger partial charge is 0.457 e. The maximum atomic E-state index is 13.0. The van der Waals surface area contributed by atoms with Crippen molar-refractivity contribution in [2.24, 2.45) is 0 Å². The Morgan fingerprint density at radius 1 is 1.31 bits per heavy atom. The first-order valence-electron chi connectivity index (χ1n) is 7.57. The molecule has 2 aromatic carbocycles. The summed E-state index contributed by atoms with van der Waals surface area (Å²) in [6, 6.07) is 10.4. The molecule has 136 valence electrons. The van der Waals surface area contributed by atoms with Gasteiger partial charge in [0.25, 0.3) is 5.91 Å². The standard InChI is InChI=1S/C18H15F3N2O3/c1-11(24)10-23-17(25)14-4-2-3-5-16(14)26-13-7-6-12(9-22)15(8-13)18(19,20)21/h2-8,11,24H,10H2,1H3,(H,23,25)/t11-/m0/s1. The number of aliphatic hydroxyl groups excluding tert-OH is 1. The third kappa shape index (κ3) is 4.74. The summed E-state index contributed by atoms with van der Waals surface area (Å²) < 4.78 is 44.6. The average molecular weight is 364 g/mol. The number of hydrogen-bond acceptors (Lipinski definition) is 4. The number of para-hydroxylation sites is 1. The van der Waals surface area contributed by atoms with Crippen LogP contribution in [0.2, 0.25) is 0 Å². The van der Waals surface area contributed by atoms with Crippen molar-refractivity contribution >= 4 is 5.91 Å². The molecule has 8 heteroatoms. The molecule has 0 spiro atoms. The van der Waals surface area contributed by atoms with E-state index in [0.29, 0.717) is 6.07 Å². The van der Waals surface area contributed by atoms with Gasteiger partial charge in [-0.25, -0.2) is 0 Å². The molecule has 0 fully saturated rings. The summed E-state index contributed by atoms with van der Waals surface area (Å²) in [6.07, 6.45) is -5.46. The number of carbonyl (C=O) groups excluding carboxylic acids is 1. The van der Waals surface area contributed by atoms with E-state index in [-0.39, 0.29) is 23.6 Å². The van der Waals surface area contributed by atoms with Crippen LogP contribution < -0.4 is 10.1 Å². The molecule has 0 unspecified atom stereocenters. The first kappa shape index (κ1) is 19.3. The number of alkyl halides is 3. The lowest BCUT2D eigenvalue weighted by atomic mass is 10.1. The third-order valence-corrected chi connectivity index (χ3v) is 3.33. The fourth-order valence-corrected chi connectivity index (χ4v) is 2.12. The lowest BCUT2D eigenvalue weighted by Gasteiger charge is -2.14. The van der Waals surface area contributed by atoms with Gasteiger partial charge in [0.2, 0.25) is 0 Å². The van der Waals surface area contributed by atoms with E-state index in [1.165, 1.54) is 31.2 Å². The number of amides is 1. The number of benzene rings is 2. The summed E-state index contributed by atoms with van der Waals surface area (Å²) in [5, 5.41) is 20.5. The van der Waals surface area contributed by atoms with Crippen LogP contribution in [0.5, 0.6) is 11.5 Å². The van der Waals surface area contributed by atoms with Crippen molar-refractivity contribution in [2.75, 3.05) is 6.54 Å². The molecule has 2 N–H and O–H groups in total. The Bertz CT molecular complexity index is 842. The van der Waals surface area contributed by atoms with Crippen LogP contribution in [0, 0.1) is 11.3 Å². The van der Waals surface area contributed by atoms with Crippen LogP contribution in [-0.2, 0) is 6.18 Å². The van der Waals surface area contributed by atoms with E-state index in [0.717, 1.165) is 6.07 Å². The molecule has 0 bridgehead atoms. The van der Waals surface area contributed by atoms with Gasteiger partial charge in [0.05, 0.1) is 28.9 Å². The maximum Gasteiger partial charge on any atom is 0.417 e. The summed E-state index contributed by atoms with van der Waals surface area (Å²) in [5.41, 5.74) is -1.53. The van der Waals surface area contributed by atoms with Gasteiger partial charge in [0.15, 0.2) is 0 Å². The third-order valence-electron chi connectivity index (χ3n) is 3.33. The minimum atomic E-state index is -4.71. The van der Waals surface area contributed by atoms with Crippen LogP contribution in [-0.4, -0.2) is 23.7 Å². The van der Waals surface area contributed by atoms with E-state index in [2.05, 4.69) is 5.32 Å². The summed E-state index contributed by atoms with van der Waals surface area (Å²) >= 11 is 0. The van der Waals surface area contributed by atoms with Gasteiger partial charge < -0.3 is 15.2 Å². The summed E-state index contributed by atoms with van der Waals surface area (Å²) in [6.45, 7) is 1.51. The Labute approximate surface area is 147 Å². The molecule has 5 nitrogen and oxygen atoms in total. The van der Waals surface area contributed by atoms with Gasteiger partial charge in [-0.15, -0.1) is 0 Å². The maximum absolute atomic E-state index is 13.0. The zero-order valence-electron chi connectivity index (χ0n) is 13.7. The molecule has 0 aliphatic carbocycles. The highest BCUT2D eigenvalue weighted by atomic mass is 19.4. The van der Waals surface area contributed by atoms with E-state index in [9.17, 15) is 23.1 Å². The van der Waals surface area contributed by atoms with Crippen molar-refractivity contribution in [1.82, 2.24) is 5.32 Å². The number of nitrogens with one attached hydrogen (secondary N) is 1. The van der Waals surface area contributed by atoms with Gasteiger partial charge in [-0.1, -0.05) is 12.1 Å². The van der Waals surface area contributed by atoms with E-state index < -0.39 is 29.3 Å². The normalized spacial score (nSPS) is 12.2. The molecule has 0 heterocycles. The van der Waals surface area contributed by atoms with Gasteiger partial charge in [-0.3, -0.25) is 4.79 Å². The van der Waals surface area contributed by atoms with Crippen LogP contribution in [0.3, 0.4) is 0 Å². The number of hydrogen-bond donors (Lipinski definition) is 2. The van der Waals surface area contributed by atoms with Gasteiger partial charge in [-0.2, -0.15) is 18.4 Å². The molecule has 0 saturated carbocycles. The number of halogens is 3. The first-order chi connectivity index (χ1) is 12.2. The Morgan fingerprint density at radius 2 is 2.00 bits per heavy atom. The van der Waals surface area contributed by atoms with Crippen LogP contribution in [0.1, 0.15) is 28.4 Å². The monoisotopic (exact) mass is 364 g/mol. The molecule has 26 heavy (non-hydrogen) atoms. The molecular weight excluding hydrogens is 349 g/mol. The SMILES string of the molecule is C[C@H](O)CNC(=O)c1ccccc1Oc1ccc(C#N)c(C(F)(F)F)c1. The number of aliphatic hydroxyl groups is 1. The number of ether oxygens (including phenoxy) is 1. The summed E-state index contributed by atoms with van der Waals surface area (Å²) in [7, 11) is 0. The average Bonchev–Trinajstić information content (AvgIpc) is 2.59. The second-order valence-electron chi connectivity index (χ2n) is 5.47. The van der Waals surface area contributed by atoms with Gasteiger partial charge in [-0.05, 0) is 37.3 Å². The number of rotatable bonds is 5. The van der Waals surface area contributed by atoms with E-state index in [1.807, 2.05) is 0 Å². The lowest BCUT2D eigenvalue weighted by molar-refractivity contribution is -0.137. The second-order valence-corrected chi connectivity index (χ2v) is 5.47. The van der Waals surface area contributed by atoms with Crippen molar-refractivity contribution < 1.29 is 27.8 Å². The van der Waals surface area contributed by atoms with Crippen molar-refractivity contribution in [2.45, 2.75) is 19.2 Å². The molecular formula is C18H15F3N2O3. The number of nitriles is 1. The fraction of sp³-hybridized carbons (Fsp3) is 0.222. The van der Waals surface area contributed by atoms with Crippen LogP contribution in [0.4, 0.5) is 13.2 Å². The highest BCUT2D eigenvalue weighted by Gasteiger charge is 2.34. The van der Waals surface area contributed by atoms with Crippen molar-refractivity contribution in [3.63, 3.8) is 0 Å². The van der Waals surface area contributed by atoms with Gasteiger partial charge in [0.1, 0.15) is 11.5 Å². The fourth-order valence-electron chi connectivity index (χ4n) is 2.12. The minimum absolute atomic E-state index is 0.0161. The molecule has 2 rings (SSSR count). The quantitative estimate of drug-likeness (QED) is 0.851. The molecule has 0 aliphatic heterocycles. The van der Waals surface area contributed by atoms with Crippen molar-refractivity contribution in [3.05, 3.63) is 59.2 Å². The van der Waals surface area contributed by atoms with Gasteiger partial charge >= 0.3 is 6.18 Å². The molecule has 1 atom stereocenters. The summed E-state index contributed by atoms with van der Waals surface area (Å²) in [5.74, 6) is -0.647. The zero-order valence-corrected chi connectivity index (χ0v) is 13.7. The summed E-state index contributed by atoms with van der Waals surface area (Å²) in [4.78, 5) is 12.2. The van der Waals surface area contributed by atoms with Crippen molar-refractivity contribution in [1.29, 1.82) is 5.26 Å². The predicted molar refractivity (Wildman–Crippen MR) is 86.7 cm³/mol. The van der Waals surface area contributed by atoms with E-state index in [1.54, 1.807) is 12.1 Å². The molecule has 1 amide bonds. The van der Waals surface area contributed by atoms with E-state index in [4.69, 9.17) is 10.00 Å². The Morgan fingerprint density at radius 3 is 2.62 bits per heavy atom. The Kier molecular flexibility index (Phi) is 5.85. The van der Waals surface area contributed by atoms with E-state index >= 15 is 0 Å². The molecule has 0 radical (unpaired) electrons. The Balaban J connectivity index is 2.32. The molecule has 0 saturated heterocycles. The number of nitrogens with zero attached hydrogens (tertiary/aromatic N) is 1. The smallest absolute Gasteiger partial charge is 0.417 e. The highest BCUT2D eigenvalue weighted by molar-refractivity contribution is 5.97. The molecule has 0 aliphatic rings. The molecule has 2 aromatic rings. The molecule has 0 aromatic heterocycles. The predicted octanol–water partition coefficient (Wildman–Crippen LogP) is 3.48. The topological polar surface area (TPSA) is 82.3 Å². The van der Waals surface area contributed by atoms with Crippen LogP contribution in [0.25, 0.3) is 0 Å². The highest BCUT2D eigenvalue weighted by Crippen LogP contribution is 2.35.